The van der Waals surface area contributed by atoms with E-state index < -0.39 is 28.1 Å². The Morgan fingerprint density at radius 1 is 1.20 bits per heavy atom. The molecule has 0 aliphatic carbocycles. The standard InChI is InChI=1S/C19H22F2N4O4S/c1-11(2)15-12(13-6-4-8-24-16(13)29-18(20)21)5-3-7-14(15)19(17(22)26)9-25(10-19)30(23,27)28/h3-8,11,18H,9-10H2,1-2H3,(H2,22,26)(H2,23,27,28). The van der Waals surface area contributed by atoms with E-state index in [1.807, 2.05) is 13.8 Å². The van der Waals surface area contributed by atoms with E-state index >= 15 is 0 Å². The van der Waals surface area contributed by atoms with Crippen molar-refractivity contribution in [3.05, 3.63) is 47.7 Å². The summed E-state index contributed by atoms with van der Waals surface area (Å²) in [6.07, 6.45) is 1.33. The largest absolute Gasteiger partial charge is 0.416 e. The second-order valence-corrected chi connectivity index (χ2v) is 8.96. The van der Waals surface area contributed by atoms with Crippen molar-refractivity contribution in [2.75, 3.05) is 13.1 Å². The molecule has 0 radical (unpaired) electrons. The van der Waals surface area contributed by atoms with Gasteiger partial charge >= 0.3 is 6.61 Å². The van der Waals surface area contributed by atoms with E-state index in [1.165, 1.54) is 6.20 Å². The Bertz CT molecular complexity index is 1070. The summed E-state index contributed by atoms with van der Waals surface area (Å²) in [7, 11) is -3.98. The molecule has 1 fully saturated rings. The lowest BCUT2D eigenvalue weighted by atomic mass is 9.70. The van der Waals surface area contributed by atoms with Crippen LogP contribution in [0, 0.1) is 0 Å². The van der Waals surface area contributed by atoms with E-state index in [4.69, 9.17) is 10.9 Å². The van der Waals surface area contributed by atoms with Gasteiger partial charge in [0.2, 0.25) is 11.8 Å². The fourth-order valence-electron chi connectivity index (χ4n) is 3.81. The van der Waals surface area contributed by atoms with Crippen molar-refractivity contribution < 1.29 is 26.7 Å². The number of rotatable bonds is 7. The number of pyridine rings is 1. The maximum atomic E-state index is 12.9. The van der Waals surface area contributed by atoms with Gasteiger partial charge in [0.05, 0.1) is 0 Å². The molecule has 11 heteroatoms. The first-order chi connectivity index (χ1) is 14.0. The number of hydrogen-bond acceptors (Lipinski definition) is 5. The Morgan fingerprint density at radius 3 is 2.37 bits per heavy atom. The zero-order chi connectivity index (χ0) is 22.3. The summed E-state index contributed by atoms with van der Waals surface area (Å²) in [6, 6.07) is 8.22. The van der Waals surface area contributed by atoms with Crippen LogP contribution in [0.15, 0.2) is 36.5 Å². The van der Waals surface area contributed by atoms with Gasteiger partial charge in [-0.25, -0.2) is 10.1 Å². The molecule has 4 N–H and O–H groups in total. The van der Waals surface area contributed by atoms with Crippen molar-refractivity contribution in [1.29, 1.82) is 0 Å². The lowest BCUT2D eigenvalue weighted by Gasteiger charge is -2.47. The summed E-state index contributed by atoms with van der Waals surface area (Å²) in [5.41, 5.74) is 6.46. The number of nitrogens with zero attached hydrogens (tertiary/aromatic N) is 2. The summed E-state index contributed by atoms with van der Waals surface area (Å²) >= 11 is 0. The molecule has 2 aromatic rings. The first-order valence-corrected chi connectivity index (χ1v) is 10.6. The molecule has 162 valence electrons. The van der Waals surface area contributed by atoms with Crippen LogP contribution in [0.25, 0.3) is 11.1 Å². The average Bonchev–Trinajstić information content (AvgIpc) is 2.59. The van der Waals surface area contributed by atoms with Gasteiger partial charge in [-0.05, 0) is 34.7 Å². The minimum absolute atomic E-state index is 0.157. The average molecular weight is 440 g/mol. The topological polar surface area (TPSA) is 129 Å². The van der Waals surface area contributed by atoms with E-state index in [2.05, 4.69) is 9.72 Å². The van der Waals surface area contributed by atoms with Crippen LogP contribution in [0.3, 0.4) is 0 Å². The minimum atomic E-state index is -3.98. The van der Waals surface area contributed by atoms with Gasteiger partial charge in [0.25, 0.3) is 10.2 Å². The normalized spacial score (nSPS) is 16.5. The second kappa shape index (κ2) is 7.89. The monoisotopic (exact) mass is 440 g/mol. The smallest absolute Gasteiger partial charge is 0.388 e. The molecule has 0 atom stereocenters. The fourth-order valence-corrected chi connectivity index (χ4v) is 4.61. The predicted molar refractivity (Wildman–Crippen MR) is 106 cm³/mol. The summed E-state index contributed by atoms with van der Waals surface area (Å²) in [5, 5.41) is 5.18. The molecule has 0 saturated carbocycles. The molecule has 30 heavy (non-hydrogen) atoms. The van der Waals surface area contributed by atoms with Crippen LogP contribution in [-0.2, 0) is 20.4 Å². The number of aromatic nitrogens is 1. The minimum Gasteiger partial charge on any atom is -0.416 e. The van der Waals surface area contributed by atoms with Gasteiger partial charge in [-0.1, -0.05) is 32.0 Å². The first-order valence-electron chi connectivity index (χ1n) is 9.08. The SMILES string of the molecule is CC(C)c1c(-c2cccnc2OC(F)F)cccc1C1(C(N)=O)CN(S(N)(=O)=O)C1. The van der Waals surface area contributed by atoms with Crippen LogP contribution in [0.5, 0.6) is 5.88 Å². The number of nitrogens with two attached hydrogens (primary N) is 2. The van der Waals surface area contributed by atoms with Crippen molar-refractivity contribution in [3.63, 3.8) is 0 Å². The Balaban J connectivity index is 2.20. The Morgan fingerprint density at radius 2 is 1.83 bits per heavy atom. The Kier molecular flexibility index (Phi) is 5.81. The molecule has 2 heterocycles. The van der Waals surface area contributed by atoms with Gasteiger partial charge in [0.1, 0.15) is 5.41 Å². The number of carbonyl (C=O) groups is 1. The molecule has 8 nitrogen and oxygen atoms in total. The van der Waals surface area contributed by atoms with Crippen molar-refractivity contribution in [2.24, 2.45) is 10.9 Å². The van der Waals surface area contributed by atoms with E-state index in [9.17, 15) is 22.0 Å². The van der Waals surface area contributed by atoms with E-state index in [1.54, 1.807) is 30.3 Å². The highest BCUT2D eigenvalue weighted by Gasteiger charge is 2.54. The molecule has 1 aliphatic rings. The van der Waals surface area contributed by atoms with Gasteiger partial charge in [0.15, 0.2) is 0 Å². The van der Waals surface area contributed by atoms with Gasteiger partial charge in [-0.3, -0.25) is 4.79 Å². The first kappa shape index (κ1) is 22.1. The highest BCUT2D eigenvalue weighted by Crippen LogP contribution is 2.44. The van der Waals surface area contributed by atoms with Crippen molar-refractivity contribution in [3.8, 4) is 17.0 Å². The highest BCUT2D eigenvalue weighted by molar-refractivity contribution is 7.86. The highest BCUT2D eigenvalue weighted by atomic mass is 32.2. The van der Waals surface area contributed by atoms with Crippen LogP contribution in [-0.4, -0.2) is 43.3 Å². The van der Waals surface area contributed by atoms with Gasteiger partial charge < -0.3 is 10.5 Å². The molecule has 1 amide bonds. The van der Waals surface area contributed by atoms with E-state index in [-0.39, 0.29) is 24.9 Å². The van der Waals surface area contributed by atoms with E-state index in [0.717, 1.165) is 4.31 Å². The van der Waals surface area contributed by atoms with Crippen molar-refractivity contribution >= 4 is 16.1 Å². The van der Waals surface area contributed by atoms with Crippen molar-refractivity contribution in [1.82, 2.24) is 9.29 Å². The number of benzene rings is 1. The second-order valence-electron chi connectivity index (χ2n) is 7.42. The van der Waals surface area contributed by atoms with Crippen LogP contribution < -0.4 is 15.6 Å². The van der Waals surface area contributed by atoms with Crippen molar-refractivity contribution in [2.45, 2.75) is 31.8 Å². The van der Waals surface area contributed by atoms with Crippen LogP contribution in [0.4, 0.5) is 8.78 Å². The number of primary amides is 1. The maximum absolute atomic E-state index is 12.9. The van der Waals surface area contributed by atoms with Gasteiger partial charge in [-0.15, -0.1) is 0 Å². The quantitative estimate of drug-likeness (QED) is 0.677. The predicted octanol–water partition coefficient (Wildman–Crippen LogP) is 1.72. The zero-order valence-corrected chi connectivity index (χ0v) is 17.2. The van der Waals surface area contributed by atoms with Crippen LogP contribution in [0.1, 0.15) is 30.9 Å². The third kappa shape index (κ3) is 3.87. The molecule has 3 rings (SSSR count). The van der Waals surface area contributed by atoms with Gasteiger partial charge in [0, 0.05) is 24.8 Å². The van der Waals surface area contributed by atoms with Crippen LogP contribution in [0.2, 0.25) is 0 Å². The molecule has 1 aromatic heterocycles. The number of hydrogen-bond donors (Lipinski definition) is 2. The van der Waals surface area contributed by atoms with E-state index in [0.29, 0.717) is 22.3 Å². The Labute approximate surface area is 173 Å². The molecule has 0 unspecified atom stereocenters. The molecular weight excluding hydrogens is 418 g/mol. The number of halogens is 2. The van der Waals surface area contributed by atoms with Crippen LogP contribution >= 0.6 is 0 Å². The summed E-state index contributed by atoms with van der Waals surface area (Å²) in [6.45, 7) is 0.292. The molecule has 0 spiro atoms. The fraction of sp³-hybridized carbons (Fsp3) is 0.368. The lowest BCUT2D eigenvalue weighted by molar-refractivity contribution is -0.127. The summed E-state index contributed by atoms with van der Waals surface area (Å²) in [5.74, 6) is -1.10. The third-order valence-electron chi connectivity index (χ3n) is 5.19. The third-order valence-corrected chi connectivity index (χ3v) is 6.16. The number of ether oxygens (including phenoxy) is 1. The number of amides is 1. The summed E-state index contributed by atoms with van der Waals surface area (Å²) < 4.78 is 54.6. The lowest BCUT2D eigenvalue weighted by Crippen LogP contribution is -2.68. The molecule has 1 aliphatic heterocycles. The number of carbonyl (C=O) groups excluding carboxylic acids is 1. The zero-order valence-electron chi connectivity index (χ0n) is 16.4. The molecule has 1 saturated heterocycles. The maximum Gasteiger partial charge on any atom is 0.388 e. The number of alkyl halides is 2. The van der Waals surface area contributed by atoms with Gasteiger partial charge in [-0.2, -0.15) is 21.5 Å². The Hall–Kier alpha value is -2.63. The molecule has 1 aromatic carbocycles. The molecular formula is C19H22F2N4O4S. The summed E-state index contributed by atoms with van der Waals surface area (Å²) in [4.78, 5) is 16.3. The molecule has 0 bridgehead atoms.